The van der Waals surface area contributed by atoms with Crippen molar-refractivity contribution in [1.29, 1.82) is 0 Å². The zero-order chi connectivity index (χ0) is 15.1. The second-order valence-corrected chi connectivity index (χ2v) is 4.80. The first kappa shape index (κ1) is 15.6. The van der Waals surface area contributed by atoms with Crippen LogP contribution in [0.1, 0.15) is 5.56 Å². The summed E-state index contributed by atoms with van der Waals surface area (Å²) in [5.74, 6) is 1.19. The number of hydrogen-bond donors (Lipinski definition) is 1. The van der Waals surface area contributed by atoms with E-state index < -0.39 is 0 Å². The van der Waals surface area contributed by atoms with Gasteiger partial charge in [-0.25, -0.2) is 0 Å². The van der Waals surface area contributed by atoms with Gasteiger partial charge in [0.15, 0.2) is 18.1 Å². The summed E-state index contributed by atoms with van der Waals surface area (Å²) in [5, 5.41) is 3.08. The molecule has 0 saturated carbocycles. The van der Waals surface area contributed by atoms with Gasteiger partial charge in [0.2, 0.25) is 0 Å². The van der Waals surface area contributed by atoms with Crippen LogP contribution in [0, 0.1) is 0 Å². The zero-order valence-electron chi connectivity index (χ0n) is 12.6. The molecule has 1 aliphatic rings. The van der Waals surface area contributed by atoms with Crippen LogP contribution in [0.4, 0.5) is 0 Å². The molecule has 1 N–H and O–H groups in total. The van der Waals surface area contributed by atoms with Crippen LogP contribution in [0.25, 0.3) is 0 Å². The quantitative estimate of drug-likeness (QED) is 0.835. The Labute approximate surface area is 125 Å². The van der Waals surface area contributed by atoms with Crippen molar-refractivity contribution in [3.05, 3.63) is 23.8 Å². The number of nitrogens with one attached hydrogen (secondary N) is 1. The largest absolute Gasteiger partial charge is 0.493 e. The summed E-state index contributed by atoms with van der Waals surface area (Å²) in [6.45, 7) is 3.20. The lowest BCUT2D eigenvalue weighted by atomic mass is 10.2. The highest BCUT2D eigenvalue weighted by Crippen LogP contribution is 2.28. The third-order valence-corrected chi connectivity index (χ3v) is 3.32. The molecule has 0 atom stereocenters. The minimum Gasteiger partial charge on any atom is -0.493 e. The van der Waals surface area contributed by atoms with Crippen LogP contribution in [0.5, 0.6) is 11.5 Å². The Morgan fingerprint density at radius 3 is 2.76 bits per heavy atom. The molecule has 0 spiro atoms. The number of morpholine rings is 1. The fraction of sp³-hybridized carbons (Fsp3) is 0.533. The number of hydrogen-bond acceptors (Lipinski definition) is 5. The van der Waals surface area contributed by atoms with Crippen LogP contribution >= 0.6 is 0 Å². The smallest absolute Gasteiger partial charge is 0.260 e. The molecule has 2 rings (SSSR count). The number of ether oxygens (including phenoxy) is 3. The Hall–Kier alpha value is -1.79. The normalized spacial score (nSPS) is 14.9. The van der Waals surface area contributed by atoms with Gasteiger partial charge in [0.25, 0.3) is 5.91 Å². The molecule has 1 fully saturated rings. The SMILES string of the molecule is CNCc1ccc(OCC(=O)N2CCOCC2)c(OC)c1. The van der Waals surface area contributed by atoms with Crippen LogP contribution in [0.2, 0.25) is 0 Å². The summed E-state index contributed by atoms with van der Waals surface area (Å²) >= 11 is 0. The maximum atomic E-state index is 12.0. The maximum absolute atomic E-state index is 12.0. The van der Waals surface area contributed by atoms with Gasteiger partial charge in [-0.05, 0) is 24.7 Å². The van der Waals surface area contributed by atoms with E-state index in [1.807, 2.05) is 25.2 Å². The molecule has 1 aliphatic heterocycles. The van der Waals surface area contributed by atoms with E-state index in [-0.39, 0.29) is 12.5 Å². The van der Waals surface area contributed by atoms with Gasteiger partial charge in [0.1, 0.15) is 0 Å². The Kier molecular flexibility index (Phi) is 5.83. The van der Waals surface area contributed by atoms with Gasteiger partial charge in [0.05, 0.1) is 20.3 Å². The standard InChI is InChI=1S/C15H22N2O4/c1-16-10-12-3-4-13(14(9-12)19-2)21-11-15(18)17-5-7-20-8-6-17/h3-4,9,16H,5-8,10-11H2,1-2H3. The van der Waals surface area contributed by atoms with E-state index in [9.17, 15) is 4.79 Å². The Balaban J connectivity index is 1.94. The van der Waals surface area contributed by atoms with Crippen molar-refractivity contribution in [3.8, 4) is 11.5 Å². The van der Waals surface area contributed by atoms with E-state index >= 15 is 0 Å². The van der Waals surface area contributed by atoms with Crippen molar-refractivity contribution in [2.24, 2.45) is 0 Å². The number of methoxy groups -OCH3 is 1. The monoisotopic (exact) mass is 294 g/mol. The van der Waals surface area contributed by atoms with Gasteiger partial charge >= 0.3 is 0 Å². The minimum absolute atomic E-state index is 0.0156. The fourth-order valence-corrected chi connectivity index (χ4v) is 2.19. The maximum Gasteiger partial charge on any atom is 0.260 e. The van der Waals surface area contributed by atoms with E-state index in [0.29, 0.717) is 37.8 Å². The van der Waals surface area contributed by atoms with Crippen molar-refractivity contribution < 1.29 is 19.0 Å². The van der Waals surface area contributed by atoms with Crippen LogP contribution in [0.15, 0.2) is 18.2 Å². The van der Waals surface area contributed by atoms with Gasteiger partial charge in [-0.15, -0.1) is 0 Å². The van der Waals surface area contributed by atoms with Crippen molar-refractivity contribution in [2.75, 3.05) is 47.1 Å². The highest BCUT2D eigenvalue weighted by Gasteiger charge is 2.17. The molecule has 116 valence electrons. The lowest BCUT2D eigenvalue weighted by Crippen LogP contribution is -2.43. The lowest BCUT2D eigenvalue weighted by Gasteiger charge is -2.26. The first-order valence-electron chi connectivity index (χ1n) is 7.04. The molecule has 1 aromatic carbocycles. The van der Waals surface area contributed by atoms with E-state index in [1.165, 1.54) is 0 Å². The number of amides is 1. The van der Waals surface area contributed by atoms with Gasteiger partial charge in [-0.1, -0.05) is 6.07 Å². The molecule has 0 aliphatic carbocycles. The summed E-state index contributed by atoms with van der Waals surface area (Å²) in [5.41, 5.74) is 1.10. The molecule has 1 saturated heterocycles. The second kappa shape index (κ2) is 7.85. The summed E-state index contributed by atoms with van der Waals surface area (Å²) in [7, 11) is 3.48. The molecule has 6 heteroatoms. The number of rotatable bonds is 6. The van der Waals surface area contributed by atoms with Crippen LogP contribution in [0.3, 0.4) is 0 Å². The molecule has 0 unspecified atom stereocenters. The average Bonchev–Trinajstić information content (AvgIpc) is 2.54. The summed E-state index contributed by atoms with van der Waals surface area (Å²) in [4.78, 5) is 13.8. The van der Waals surface area contributed by atoms with Crippen LogP contribution in [-0.4, -0.2) is 57.9 Å². The Bertz CT molecular complexity index is 473. The van der Waals surface area contributed by atoms with E-state index in [0.717, 1.165) is 12.1 Å². The number of carbonyl (C=O) groups excluding carboxylic acids is 1. The minimum atomic E-state index is -0.0281. The summed E-state index contributed by atoms with van der Waals surface area (Å²) < 4.78 is 16.1. The molecular formula is C15H22N2O4. The first-order valence-corrected chi connectivity index (χ1v) is 7.04. The number of nitrogens with zero attached hydrogens (tertiary/aromatic N) is 1. The van der Waals surface area contributed by atoms with E-state index in [1.54, 1.807) is 12.0 Å². The third kappa shape index (κ3) is 4.34. The average molecular weight is 294 g/mol. The molecule has 6 nitrogen and oxygen atoms in total. The van der Waals surface area contributed by atoms with Gasteiger partial charge in [-0.3, -0.25) is 4.79 Å². The summed E-state index contributed by atoms with van der Waals surface area (Å²) in [6.07, 6.45) is 0. The predicted octanol–water partition coefficient (Wildman–Crippen LogP) is 0.652. The molecular weight excluding hydrogens is 272 g/mol. The number of benzene rings is 1. The summed E-state index contributed by atoms with van der Waals surface area (Å²) in [6, 6.07) is 5.69. The highest BCUT2D eigenvalue weighted by atomic mass is 16.5. The van der Waals surface area contributed by atoms with Crippen LogP contribution in [-0.2, 0) is 16.1 Å². The molecule has 21 heavy (non-hydrogen) atoms. The van der Waals surface area contributed by atoms with Gasteiger partial charge in [-0.2, -0.15) is 0 Å². The highest BCUT2D eigenvalue weighted by molar-refractivity contribution is 5.78. The van der Waals surface area contributed by atoms with Crippen molar-refractivity contribution >= 4 is 5.91 Å². The molecule has 0 radical (unpaired) electrons. The van der Waals surface area contributed by atoms with Crippen molar-refractivity contribution in [1.82, 2.24) is 10.2 Å². The molecule has 0 aromatic heterocycles. The molecule has 0 bridgehead atoms. The Morgan fingerprint density at radius 1 is 1.33 bits per heavy atom. The van der Waals surface area contributed by atoms with E-state index in [4.69, 9.17) is 14.2 Å². The lowest BCUT2D eigenvalue weighted by molar-refractivity contribution is -0.137. The second-order valence-electron chi connectivity index (χ2n) is 4.80. The van der Waals surface area contributed by atoms with E-state index in [2.05, 4.69) is 5.32 Å². The van der Waals surface area contributed by atoms with Gasteiger partial charge in [0, 0.05) is 19.6 Å². The van der Waals surface area contributed by atoms with Crippen molar-refractivity contribution in [3.63, 3.8) is 0 Å². The van der Waals surface area contributed by atoms with Gasteiger partial charge < -0.3 is 24.4 Å². The fourth-order valence-electron chi connectivity index (χ4n) is 2.19. The first-order chi connectivity index (χ1) is 10.2. The molecule has 1 heterocycles. The molecule has 1 aromatic rings. The predicted molar refractivity (Wildman–Crippen MR) is 78.7 cm³/mol. The number of carbonyl (C=O) groups is 1. The molecule has 1 amide bonds. The van der Waals surface area contributed by atoms with Crippen LogP contribution < -0.4 is 14.8 Å². The topological polar surface area (TPSA) is 60.0 Å². The van der Waals surface area contributed by atoms with Crippen molar-refractivity contribution in [2.45, 2.75) is 6.54 Å². The zero-order valence-corrected chi connectivity index (χ0v) is 12.6. The third-order valence-electron chi connectivity index (χ3n) is 3.32. The Morgan fingerprint density at radius 2 is 2.10 bits per heavy atom.